The first kappa shape index (κ1) is 28.1. The van der Waals surface area contributed by atoms with Gasteiger partial charge in [-0.15, -0.1) is 0 Å². The van der Waals surface area contributed by atoms with Crippen molar-refractivity contribution in [2.45, 2.75) is 32.9 Å². The van der Waals surface area contributed by atoms with Crippen molar-refractivity contribution in [3.05, 3.63) is 105 Å². The van der Waals surface area contributed by atoms with Crippen molar-refractivity contribution >= 4 is 57.8 Å². The van der Waals surface area contributed by atoms with Gasteiger partial charge in [-0.3, -0.25) is 9.78 Å². The first-order chi connectivity index (χ1) is 19.2. The lowest BCUT2D eigenvalue weighted by Gasteiger charge is -2.29. The second-order valence-corrected chi connectivity index (χ2v) is 10.9. The molecule has 206 valence electrons. The van der Waals surface area contributed by atoms with Gasteiger partial charge in [0.2, 0.25) is 5.91 Å². The molecule has 1 saturated heterocycles. The standard InChI is InChI=1S/C30H29Cl2N5O2S/c1-17-14-20(11-12-23(17)34-26(38)16-39-4)37-29(28(35-30(37)40)24-9-5-6-13-33-24)21-15-18(2)36(19(21)3)25-10-7-8-22(31)27(25)32/h5-15,28-29H,16H2,1-4H3,(H,34,38)(H,35,40)/t28-,29-/m0/s1. The monoisotopic (exact) mass is 593 g/mol. The number of halogens is 2. The fourth-order valence-corrected chi connectivity index (χ4v) is 6.05. The molecule has 4 aromatic rings. The molecule has 0 radical (unpaired) electrons. The summed E-state index contributed by atoms with van der Waals surface area (Å²) in [5, 5.41) is 8.00. The van der Waals surface area contributed by atoms with Crippen LogP contribution in [-0.2, 0) is 9.53 Å². The first-order valence-electron chi connectivity index (χ1n) is 12.7. The number of amides is 1. The van der Waals surface area contributed by atoms with Crippen LogP contribution in [0.3, 0.4) is 0 Å². The number of aryl methyl sites for hydroxylation is 2. The van der Waals surface area contributed by atoms with Gasteiger partial charge < -0.3 is 24.8 Å². The molecule has 1 aliphatic heterocycles. The molecule has 2 aromatic carbocycles. The van der Waals surface area contributed by atoms with Gasteiger partial charge >= 0.3 is 0 Å². The van der Waals surface area contributed by atoms with Crippen molar-refractivity contribution in [2.24, 2.45) is 0 Å². The van der Waals surface area contributed by atoms with Crippen LogP contribution in [-0.4, -0.2) is 34.3 Å². The van der Waals surface area contributed by atoms with E-state index in [1.807, 2.05) is 55.5 Å². The number of anilines is 2. The molecule has 0 unspecified atom stereocenters. The molecule has 0 bridgehead atoms. The van der Waals surface area contributed by atoms with Gasteiger partial charge in [0.1, 0.15) is 6.61 Å². The van der Waals surface area contributed by atoms with E-state index in [1.54, 1.807) is 12.3 Å². The molecular weight excluding hydrogens is 565 g/mol. The summed E-state index contributed by atoms with van der Waals surface area (Å²) in [6.45, 7) is 6.07. The molecule has 0 saturated carbocycles. The van der Waals surface area contributed by atoms with E-state index in [0.717, 1.165) is 45.3 Å². The number of pyridine rings is 1. The molecule has 10 heteroatoms. The van der Waals surface area contributed by atoms with Crippen LogP contribution in [0.4, 0.5) is 11.4 Å². The number of carbonyl (C=O) groups is 1. The van der Waals surface area contributed by atoms with Crippen molar-refractivity contribution < 1.29 is 9.53 Å². The molecule has 3 heterocycles. The molecule has 7 nitrogen and oxygen atoms in total. The number of rotatable bonds is 7. The Labute approximate surface area is 249 Å². The average molecular weight is 595 g/mol. The van der Waals surface area contributed by atoms with E-state index in [1.165, 1.54) is 7.11 Å². The number of hydrogen-bond acceptors (Lipinski definition) is 4. The van der Waals surface area contributed by atoms with E-state index in [2.05, 4.69) is 45.0 Å². The van der Waals surface area contributed by atoms with Crippen LogP contribution < -0.4 is 15.5 Å². The Hall–Kier alpha value is -3.43. The van der Waals surface area contributed by atoms with Gasteiger partial charge in [-0.25, -0.2) is 0 Å². The van der Waals surface area contributed by atoms with Crippen LogP contribution in [0.2, 0.25) is 10.0 Å². The maximum absolute atomic E-state index is 12.1. The zero-order valence-electron chi connectivity index (χ0n) is 22.5. The van der Waals surface area contributed by atoms with Crippen molar-refractivity contribution in [2.75, 3.05) is 23.9 Å². The highest BCUT2D eigenvalue weighted by Gasteiger charge is 2.42. The van der Waals surface area contributed by atoms with E-state index in [9.17, 15) is 4.79 Å². The number of hydrogen-bond donors (Lipinski definition) is 2. The second kappa shape index (κ2) is 11.6. The summed E-state index contributed by atoms with van der Waals surface area (Å²) < 4.78 is 7.07. The summed E-state index contributed by atoms with van der Waals surface area (Å²) in [7, 11) is 1.49. The molecule has 5 rings (SSSR count). The summed E-state index contributed by atoms with van der Waals surface area (Å²) in [6.07, 6.45) is 1.79. The summed E-state index contributed by atoms with van der Waals surface area (Å²) in [4.78, 5) is 18.9. The SMILES string of the molecule is COCC(=O)Nc1ccc(N2C(=S)N[C@@H](c3ccccn3)[C@@H]2c2cc(C)n(-c3cccc(Cl)c3Cl)c2C)cc1C. The number of benzene rings is 2. The van der Waals surface area contributed by atoms with Gasteiger partial charge in [-0.05, 0) is 92.6 Å². The maximum atomic E-state index is 12.1. The Bertz CT molecular complexity index is 1590. The lowest BCUT2D eigenvalue weighted by atomic mass is 9.96. The molecule has 0 spiro atoms. The minimum atomic E-state index is -0.214. The van der Waals surface area contributed by atoms with E-state index >= 15 is 0 Å². The zero-order valence-corrected chi connectivity index (χ0v) is 24.9. The number of thiocarbonyl (C=S) groups is 1. The van der Waals surface area contributed by atoms with Gasteiger partial charge in [-0.1, -0.05) is 35.3 Å². The number of aromatic nitrogens is 2. The number of carbonyl (C=O) groups excluding carboxylic acids is 1. The Morgan fingerprint density at radius 1 is 1.10 bits per heavy atom. The average Bonchev–Trinajstić information content (AvgIpc) is 3.42. The van der Waals surface area contributed by atoms with Crippen LogP contribution in [0.15, 0.2) is 66.9 Å². The Morgan fingerprint density at radius 3 is 2.60 bits per heavy atom. The third kappa shape index (κ3) is 5.20. The van der Waals surface area contributed by atoms with Gasteiger partial charge in [0.15, 0.2) is 5.11 Å². The Morgan fingerprint density at radius 2 is 1.90 bits per heavy atom. The molecule has 2 atom stereocenters. The van der Waals surface area contributed by atoms with Crippen LogP contribution in [0.25, 0.3) is 5.69 Å². The minimum absolute atomic E-state index is 0.0125. The number of methoxy groups -OCH3 is 1. The molecule has 1 aliphatic rings. The van der Waals surface area contributed by atoms with Gasteiger partial charge in [0.25, 0.3) is 0 Å². The summed E-state index contributed by atoms with van der Waals surface area (Å²) in [5.74, 6) is -0.211. The van der Waals surface area contributed by atoms with Gasteiger partial charge in [-0.2, -0.15) is 0 Å². The fourth-order valence-electron chi connectivity index (χ4n) is 5.33. The highest BCUT2D eigenvalue weighted by molar-refractivity contribution is 7.80. The largest absolute Gasteiger partial charge is 0.375 e. The van der Waals surface area contributed by atoms with Gasteiger partial charge in [0, 0.05) is 36.1 Å². The van der Waals surface area contributed by atoms with E-state index < -0.39 is 0 Å². The van der Waals surface area contributed by atoms with Crippen LogP contribution in [0, 0.1) is 20.8 Å². The molecular formula is C30H29Cl2N5O2S. The maximum Gasteiger partial charge on any atom is 0.250 e. The number of ether oxygens (including phenoxy) is 1. The minimum Gasteiger partial charge on any atom is -0.375 e. The van der Waals surface area contributed by atoms with E-state index in [-0.39, 0.29) is 24.6 Å². The fraction of sp³-hybridized carbons (Fsp3) is 0.233. The highest BCUT2D eigenvalue weighted by atomic mass is 35.5. The smallest absolute Gasteiger partial charge is 0.250 e. The van der Waals surface area contributed by atoms with E-state index in [0.29, 0.717) is 15.2 Å². The third-order valence-corrected chi connectivity index (χ3v) is 8.22. The molecule has 1 amide bonds. The third-order valence-electron chi connectivity index (χ3n) is 7.10. The normalized spacial score (nSPS) is 16.8. The van der Waals surface area contributed by atoms with Crippen LogP contribution >= 0.6 is 35.4 Å². The molecule has 0 aliphatic carbocycles. The number of nitrogens with zero attached hydrogens (tertiary/aromatic N) is 3. The first-order valence-corrected chi connectivity index (χ1v) is 13.9. The van der Waals surface area contributed by atoms with Crippen molar-refractivity contribution in [3.8, 4) is 5.69 Å². The van der Waals surface area contributed by atoms with Gasteiger partial charge in [0.05, 0.1) is 33.5 Å². The van der Waals surface area contributed by atoms with Crippen LogP contribution in [0.1, 0.15) is 40.3 Å². The predicted molar refractivity (Wildman–Crippen MR) is 165 cm³/mol. The quantitative estimate of drug-likeness (QED) is 0.228. The Balaban J connectivity index is 1.63. The molecule has 2 N–H and O–H groups in total. The molecule has 2 aromatic heterocycles. The highest BCUT2D eigenvalue weighted by Crippen LogP contribution is 2.45. The molecule has 40 heavy (non-hydrogen) atoms. The summed E-state index contributed by atoms with van der Waals surface area (Å²) >= 11 is 19.0. The summed E-state index contributed by atoms with van der Waals surface area (Å²) in [5.41, 5.74) is 7.32. The van der Waals surface area contributed by atoms with E-state index in [4.69, 9.17) is 40.2 Å². The zero-order chi connectivity index (χ0) is 28.6. The predicted octanol–water partition coefficient (Wildman–Crippen LogP) is 6.87. The lowest BCUT2D eigenvalue weighted by molar-refractivity contribution is -0.119. The van der Waals surface area contributed by atoms with Crippen LogP contribution in [0.5, 0.6) is 0 Å². The Kier molecular flexibility index (Phi) is 8.14. The lowest BCUT2D eigenvalue weighted by Crippen LogP contribution is -2.29. The summed E-state index contributed by atoms with van der Waals surface area (Å²) in [6, 6.07) is 19.1. The number of nitrogens with one attached hydrogen (secondary N) is 2. The van der Waals surface area contributed by atoms with Crippen molar-refractivity contribution in [1.82, 2.24) is 14.9 Å². The van der Waals surface area contributed by atoms with Crippen molar-refractivity contribution in [3.63, 3.8) is 0 Å². The molecule has 1 fully saturated rings. The van der Waals surface area contributed by atoms with Crippen molar-refractivity contribution in [1.29, 1.82) is 0 Å². The topological polar surface area (TPSA) is 71.4 Å². The second-order valence-electron chi connectivity index (χ2n) is 9.71.